The van der Waals surface area contributed by atoms with Crippen molar-refractivity contribution in [2.24, 2.45) is 0 Å². The lowest BCUT2D eigenvalue weighted by atomic mass is 10.3. The van der Waals surface area contributed by atoms with Crippen molar-refractivity contribution in [2.75, 3.05) is 11.1 Å². The molecular weight excluding hydrogens is 178 g/mol. The van der Waals surface area contributed by atoms with Crippen LogP contribution in [0.2, 0.25) is 0 Å². The third-order valence-corrected chi connectivity index (χ3v) is 1.65. The van der Waals surface area contributed by atoms with Crippen LogP contribution in [0.3, 0.4) is 0 Å². The van der Waals surface area contributed by atoms with E-state index in [-0.39, 0.29) is 0 Å². The molecule has 1 aromatic heterocycles. The average Bonchev–Trinajstić information content (AvgIpc) is 2.23. The Morgan fingerprint density at radius 1 is 1.07 bits per heavy atom. The largest absolute Gasteiger partial charge is 0.399 e. The highest BCUT2D eigenvalue weighted by Gasteiger charge is 1.95. The van der Waals surface area contributed by atoms with Gasteiger partial charge in [-0.25, -0.2) is 4.98 Å². The summed E-state index contributed by atoms with van der Waals surface area (Å²) in [6, 6.07) is 7.31. The van der Waals surface area contributed by atoms with E-state index < -0.39 is 0 Å². The van der Waals surface area contributed by atoms with E-state index >= 15 is 0 Å². The van der Waals surface area contributed by atoms with Crippen LogP contribution in [0, 0.1) is 0 Å². The molecule has 0 fully saturated rings. The number of aromatic nitrogens is 3. The van der Waals surface area contributed by atoms with Gasteiger partial charge >= 0.3 is 0 Å². The van der Waals surface area contributed by atoms with Gasteiger partial charge in [-0.3, -0.25) is 0 Å². The smallest absolute Gasteiger partial charge is 0.247 e. The zero-order valence-corrected chi connectivity index (χ0v) is 7.38. The maximum absolute atomic E-state index is 5.55. The van der Waals surface area contributed by atoms with E-state index in [1.165, 1.54) is 6.20 Å². The lowest BCUT2D eigenvalue weighted by Gasteiger charge is -2.02. The van der Waals surface area contributed by atoms with Crippen LogP contribution in [0.4, 0.5) is 17.3 Å². The minimum absolute atomic E-state index is 0.470. The van der Waals surface area contributed by atoms with Crippen LogP contribution in [0.15, 0.2) is 36.7 Å². The molecule has 2 rings (SSSR count). The first-order valence-electron chi connectivity index (χ1n) is 4.11. The Morgan fingerprint density at radius 3 is 2.50 bits per heavy atom. The van der Waals surface area contributed by atoms with Crippen molar-refractivity contribution in [1.29, 1.82) is 0 Å². The van der Waals surface area contributed by atoms with Gasteiger partial charge in [0.25, 0.3) is 0 Å². The number of benzene rings is 1. The number of rotatable bonds is 2. The number of nitrogens with zero attached hydrogens (tertiary/aromatic N) is 3. The quantitative estimate of drug-likeness (QED) is 0.691. The van der Waals surface area contributed by atoms with Crippen molar-refractivity contribution < 1.29 is 0 Å². The number of hydrogen-bond donors (Lipinski definition) is 2. The van der Waals surface area contributed by atoms with Gasteiger partial charge in [0.15, 0.2) is 0 Å². The first-order valence-corrected chi connectivity index (χ1v) is 4.11. The molecule has 0 radical (unpaired) electrons. The van der Waals surface area contributed by atoms with Gasteiger partial charge in [-0.15, -0.1) is 5.10 Å². The maximum atomic E-state index is 5.55. The topological polar surface area (TPSA) is 76.7 Å². The maximum Gasteiger partial charge on any atom is 0.247 e. The molecule has 0 amide bonds. The summed E-state index contributed by atoms with van der Waals surface area (Å²) in [5, 5.41) is 10.5. The van der Waals surface area contributed by atoms with E-state index in [1.807, 2.05) is 12.1 Å². The predicted molar refractivity (Wildman–Crippen MR) is 54.0 cm³/mol. The standard InChI is InChI=1S/C9H9N5/c10-7-1-3-8(4-2-7)13-9-11-5-6-12-14-9/h1-6H,10H2,(H,11,13,14). The molecule has 5 heteroatoms. The van der Waals surface area contributed by atoms with Crippen molar-refractivity contribution in [3.05, 3.63) is 36.7 Å². The molecule has 0 aliphatic rings. The molecule has 70 valence electrons. The zero-order chi connectivity index (χ0) is 9.80. The van der Waals surface area contributed by atoms with Gasteiger partial charge in [0.2, 0.25) is 5.95 Å². The van der Waals surface area contributed by atoms with Gasteiger partial charge in [-0.2, -0.15) is 5.10 Å². The van der Waals surface area contributed by atoms with Gasteiger partial charge in [0.1, 0.15) is 0 Å². The van der Waals surface area contributed by atoms with Gasteiger partial charge < -0.3 is 11.1 Å². The molecule has 0 saturated heterocycles. The summed E-state index contributed by atoms with van der Waals surface area (Å²) in [6.45, 7) is 0. The van der Waals surface area contributed by atoms with Gasteiger partial charge in [-0.05, 0) is 24.3 Å². The Kier molecular flexibility index (Phi) is 2.22. The molecule has 5 nitrogen and oxygen atoms in total. The second-order valence-electron chi connectivity index (χ2n) is 2.71. The van der Waals surface area contributed by atoms with E-state index in [9.17, 15) is 0 Å². The summed E-state index contributed by atoms with van der Waals surface area (Å²) < 4.78 is 0. The second kappa shape index (κ2) is 3.69. The highest BCUT2D eigenvalue weighted by molar-refractivity contribution is 5.56. The highest BCUT2D eigenvalue weighted by Crippen LogP contribution is 2.13. The Morgan fingerprint density at radius 2 is 1.86 bits per heavy atom. The minimum Gasteiger partial charge on any atom is -0.399 e. The van der Waals surface area contributed by atoms with Crippen molar-refractivity contribution in [1.82, 2.24) is 15.2 Å². The Bertz CT molecular complexity index is 397. The Balaban J connectivity index is 2.16. The SMILES string of the molecule is Nc1ccc(Nc2nccnn2)cc1. The summed E-state index contributed by atoms with van der Waals surface area (Å²) in [5.74, 6) is 0.470. The summed E-state index contributed by atoms with van der Waals surface area (Å²) >= 11 is 0. The summed E-state index contributed by atoms with van der Waals surface area (Å²) in [7, 11) is 0. The van der Waals surface area contributed by atoms with Crippen LogP contribution in [0.1, 0.15) is 0 Å². The van der Waals surface area contributed by atoms with Crippen LogP contribution in [0.5, 0.6) is 0 Å². The van der Waals surface area contributed by atoms with E-state index in [2.05, 4.69) is 20.5 Å². The third-order valence-electron chi connectivity index (χ3n) is 1.65. The van der Waals surface area contributed by atoms with E-state index in [0.29, 0.717) is 5.95 Å². The second-order valence-corrected chi connectivity index (χ2v) is 2.71. The number of nitrogen functional groups attached to an aromatic ring is 1. The number of anilines is 3. The van der Waals surface area contributed by atoms with Crippen LogP contribution < -0.4 is 11.1 Å². The van der Waals surface area contributed by atoms with Crippen molar-refractivity contribution >= 4 is 17.3 Å². The number of nitrogens with one attached hydrogen (secondary N) is 1. The number of nitrogens with two attached hydrogens (primary N) is 1. The molecule has 0 aliphatic heterocycles. The molecule has 2 aromatic rings. The average molecular weight is 187 g/mol. The normalized spacial score (nSPS) is 9.71. The molecule has 1 heterocycles. The van der Waals surface area contributed by atoms with Gasteiger partial charge in [0.05, 0.1) is 12.4 Å². The summed E-state index contributed by atoms with van der Waals surface area (Å²) in [4.78, 5) is 3.98. The van der Waals surface area contributed by atoms with Crippen LogP contribution >= 0.6 is 0 Å². The lowest BCUT2D eigenvalue weighted by Crippen LogP contribution is -1.97. The first kappa shape index (κ1) is 8.43. The van der Waals surface area contributed by atoms with E-state index in [4.69, 9.17) is 5.73 Å². The van der Waals surface area contributed by atoms with Gasteiger partial charge in [-0.1, -0.05) is 0 Å². The first-order chi connectivity index (χ1) is 6.84. The van der Waals surface area contributed by atoms with Crippen LogP contribution in [0.25, 0.3) is 0 Å². The molecule has 0 bridgehead atoms. The summed E-state index contributed by atoms with van der Waals surface area (Å²) in [5.41, 5.74) is 7.16. The van der Waals surface area contributed by atoms with E-state index in [1.54, 1.807) is 18.3 Å². The fourth-order valence-corrected chi connectivity index (χ4v) is 1.00. The molecule has 0 atom stereocenters. The van der Waals surface area contributed by atoms with Crippen LogP contribution in [-0.2, 0) is 0 Å². The fraction of sp³-hybridized carbons (Fsp3) is 0. The van der Waals surface area contributed by atoms with Gasteiger partial charge in [0, 0.05) is 11.4 Å². The van der Waals surface area contributed by atoms with Crippen molar-refractivity contribution in [3.8, 4) is 0 Å². The van der Waals surface area contributed by atoms with E-state index in [0.717, 1.165) is 11.4 Å². The molecule has 1 aromatic carbocycles. The lowest BCUT2D eigenvalue weighted by molar-refractivity contribution is 0.978. The molecule has 0 saturated carbocycles. The zero-order valence-electron chi connectivity index (χ0n) is 7.38. The summed E-state index contributed by atoms with van der Waals surface area (Å²) in [6.07, 6.45) is 3.10. The van der Waals surface area contributed by atoms with Crippen molar-refractivity contribution in [3.63, 3.8) is 0 Å². The molecule has 0 unspecified atom stereocenters. The molecule has 14 heavy (non-hydrogen) atoms. The number of hydrogen-bond acceptors (Lipinski definition) is 5. The third kappa shape index (κ3) is 1.95. The minimum atomic E-state index is 0.470. The molecule has 3 N–H and O–H groups in total. The predicted octanol–water partition coefficient (Wildman–Crippen LogP) is 1.20. The van der Waals surface area contributed by atoms with Crippen LogP contribution in [-0.4, -0.2) is 15.2 Å². The molecular formula is C9H9N5. The Labute approximate surface area is 81.0 Å². The highest BCUT2D eigenvalue weighted by atomic mass is 15.2. The van der Waals surface area contributed by atoms with Crippen molar-refractivity contribution in [2.45, 2.75) is 0 Å². The fourth-order valence-electron chi connectivity index (χ4n) is 1.00. The monoisotopic (exact) mass is 187 g/mol. The molecule has 0 spiro atoms. The molecule has 0 aliphatic carbocycles. The Hall–Kier alpha value is -2.17.